The lowest BCUT2D eigenvalue weighted by Crippen LogP contribution is -2.47. The summed E-state index contributed by atoms with van der Waals surface area (Å²) in [5.74, 6) is -2.15. The van der Waals surface area contributed by atoms with E-state index < -0.39 is 35.6 Å². The predicted molar refractivity (Wildman–Crippen MR) is 80.9 cm³/mol. The molecular formula is C17H18F3NO4. The van der Waals surface area contributed by atoms with Crippen molar-refractivity contribution >= 4 is 11.9 Å². The van der Waals surface area contributed by atoms with Crippen LogP contribution < -0.4 is 0 Å². The zero-order valence-corrected chi connectivity index (χ0v) is 13.3. The van der Waals surface area contributed by atoms with E-state index in [-0.39, 0.29) is 31.0 Å². The van der Waals surface area contributed by atoms with Gasteiger partial charge in [-0.25, -0.2) is 0 Å². The fourth-order valence-electron chi connectivity index (χ4n) is 3.36. The standard InChI is InChI=1S/C17H18F3NO4/c18-17(19,20)14-4-2-1-3-11(14)12-8-13(12)16(24)21-5-6-25-10(9-21)7-15(22)23/h1-4,10,12-13H,5-9H2,(H,22,23). The van der Waals surface area contributed by atoms with Gasteiger partial charge < -0.3 is 14.7 Å². The number of alkyl halides is 3. The van der Waals surface area contributed by atoms with Gasteiger partial charge >= 0.3 is 12.1 Å². The number of carboxylic acids is 1. The molecule has 1 saturated heterocycles. The maximum absolute atomic E-state index is 13.1. The second kappa shape index (κ2) is 6.67. The Labute approximate surface area is 142 Å². The molecule has 1 aromatic carbocycles. The third-order valence-corrected chi connectivity index (χ3v) is 4.63. The van der Waals surface area contributed by atoms with Crippen LogP contribution in [0.4, 0.5) is 13.2 Å². The Bertz CT molecular complexity index is 676. The number of carbonyl (C=O) groups is 2. The average Bonchev–Trinajstić information content (AvgIpc) is 3.33. The summed E-state index contributed by atoms with van der Waals surface area (Å²) in [6.07, 6.45) is -4.84. The first-order chi connectivity index (χ1) is 11.8. The highest BCUT2D eigenvalue weighted by Crippen LogP contribution is 2.51. The molecule has 8 heteroatoms. The predicted octanol–water partition coefficient (Wildman–Crippen LogP) is 2.51. The van der Waals surface area contributed by atoms with Crippen molar-refractivity contribution in [3.05, 3.63) is 35.4 Å². The highest BCUT2D eigenvalue weighted by atomic mass is 19.4. The van der Waals surface area contributed by atoms with Crippen LogP contribution in [0.1, 0.15) is 29.9 Å². The van der Waals surface area contributed by atoms with Crippen LogP contribution in [0.3, 0.4) is 0 Å². The Morgan fingerprint density at radius 2 is 2.00 bits per heavy atom. The minimum absolute atomic E-state index is 0.156. The van der Waals surface area contributed by atoms with Gasteiger partial charge in [0.25, 0.3) is 0 Å². The van der Waals surface area contributed by atoms with Crippen molar-refractivity contribution in [3.8, 4) is 0 Å². The van der Waals surface area contributed by atoms with Crippen molar-refractivity contribution < 1.29 is 32.6 Å². The van der Waals surface area contributed by atoms with Crippen LogP contribution >= 0.6 is 0 Å². The number of benzene rings is 1. The molecule has 0 radical (unpaired) electrons. The van der Waals surface area contributed by atoms with Crippen LogP contribution in [0.25, 0.3) is 0 Å². The molecule has 1 heterocycles. The molecule has 0 spiro atoms. The first-order valence-corrected chi connectivity index (χ1v) is 8.05. The lowest BCUT2D eigenvalue weighted by molar-refractivity contribution is -0.148. The molecule has 2 aliphatic rings. The van der Waals surface area contributed by atoms with Gasteiger partial charge in [-0.2, -0.15) is 13.2 Å². The van der Waals surface area contributed by atoms with Crippen molar-refractivity contribution in [3.63, 3.8) is 0 Å². The number of carboxylic acid groups (broad SMARTS) is 1. The van der Waals surface area contributed by atoms with E-state index >= 15 is 0 Å². The number of hydrogen-bond donors (Lipinski definition) is 1. The molecule has 3 unspecified atom stereocenters. The normalized spacial score (nSPS) is 26.4. The molecule has 3 atom stereocenters. The number of ether oxygens (including phenoxy) is 1. The molecule has 1 aliphatic heterocycles. The topological polar surface area (TPSA) is 66.8 Å². The van der Waals surface area contributed by atoms with Crippen LogP contribution in [0.5, 0.6) is 0 Å². The number of hydrogen-bond acceptors (Lipinski definition) is 3. The van der Waals surface area contributed by atoms with Gasteiger partial charge in [0.05, 0.1) is 24.7 Å². The molecule has 1 saturated carbocycles. The zero-order chi connectivity index (χ0) is 18.2. The molecule has 25 heavy (non-hydrogen) atoms. The summed E-state index contributed by atoms with van der Waals surface area (Å²) < 4.78 is 44.7. The summed E-state index contributed by atoms with van der Waals surface area (Å²) >= 11 is 0. The van der Waals surface area contributed by atoms with Crippen LogP contribution in [0.15, 0.2) is 24.3 Å². The average molecular weight is 357 g/mol. The zero-order valence-electron chi connectivity index (χ0n) is 13.3. The fourth-order valence-corrected chi connectivity index (χ4v) is 3.36. The molecule has 5 nitrogen and oxygen atoms in total. The van der Waals surface area contributed by atoms with E-state index in [1.807, 2.05) is 0 Å². The number of rotatable bonds is 4. The molecule has 2 fully saturated rings. The van der Waals surface area contributed by atoms with Gasteiger partial charge in [-0.05, 0) is 24.0 Å². The highest BCUT2D eigenvalue weighted by Gasteiger charge is 2.49. The van der Waals surface area contributed by atoms with Crippen molar-refractivity contribution in [2.45, 2.75) is 31.0 Å². The summed E-state index contributed by atoms with van der Waals surface area (Å²) in [6.45, 7) is 0.731. The Kier molecular flexibility index (Phi) is 4.73. The number of morpholine rings is 1. The number of nitrogens with zero attached hydrogens (tertiary/aromatic N) is 1. The van der Waals surface area contributed by atoms with Crippen LogP contribution in [-0.4, -0.2) is 47.7 Å². The lowest BCUT2D eigenvalue weighted by atomic mass is 10.0. The van der Waals surface area contributed by atoms with Gasteiger partial charge in [-0.1, -0.05) is 18.2 Å². The second-order valence-corrected chi connectivity index (χ2v) is 6.41. The summed E-state index contributed by atoms with van der Waals surface area (Å²) in [7, 11) is 0. The Balaban J connectivity index is 1.68. The molecule has 1 aromatic rings. The van der Waals surface area contributed by atoms with E-state index in [9.17, 15) is 22.8 Å². The van der Waals surface area contributed by atoms with Gasteiger partial charge in [0.1, 0.15) is 0 Å². The van der Waals surface area contributed by atoms with Gasteiger partial charge in [0, 0.05) is 19.0 Å². The van der Waals surface area contributed by atoms with E-state index in [4.69, 9.17) is 9.84 Å². The van der Waals surface area contributed by atoms with E-state index in [2.05, 4.69) is 0 Å². The SMILES string of the molecule is O=C(O)CC1CN(C(=O)C2CC2c2ccccc2C(F)(F)F)CCO1. The quantitative estimate of drug-likeness (QED) is 0.899. The fraction of sp³-hybridized carbons (Fsp3) is 0.529. The van der Waals surface area contributed by atoms with E-state index in [1.165, 1.54) is 17.0 Å². The smallest absolute Gasteiger partial charge is 0.416 e. The van der Waals surface area contributed by atoms with Crippen LogP contribution in [-0.2, 0) is 20.5 Å². The third-order valence-electron chi connectivity index (χ3n) is 4.63. The summed E-state index contributed by atoms with van der Waals surface area (Å²) in [5, 5.41) is 8.82. The molecular weight excluding hydrogens is 339 g/mol. The Hall–Kier alpha value is -2.09. The lowest BCUT2D eigenvalue weighted by Gasteiger charge is -2.32. The Morgan fingerprint density at radius 1 is 1.28 bits per heavy atom. The molecule has 0 bridgehead atoms. The van der Waals surface area contributed by atoms with Gasteiger partial charge in [-0.3, -0.25) is 9.59 Å². The molecule has 136 valence electrons. The van der Waals surface area contributed by atoms with E-state index in [1.54, 1.807) is 6.07 Å². The maximum Gasteiger partial charge on any atom is 0.416 e. The number of amides is 1. The second-order valence-electron chi connectivity index (χ2n) is 6.41. The Morgan fingerprint density at radius 3 is 2.68 bits per heavy atom. The van der Waals surface area contributed by atoms with E-state index in [0.717, 1.165) is 6.07 Å². The summed E-state index contributed by atoms with van der Waals surface area (Å²) in [6, 6.07) is 5.34. The van der Waals surface area contributed by atoms with Gasteiger partial charge in [0.2, 0.25) is 5.91 Å². The number of aliphatic carboxylic acids is 1. The van der Waals surface area contributed by atoms with Crippen LogP contribution in [0.2, 0.25) is 0 Å². The summed E-state index contributed by atoms with van der Waals surface area (Å²) in [5.41, 5.74) is -0.537. The van der Waals surface area contributed by atoms with Crippen LogP contribution in [0, 0.1) is 5.92 Å². The minimum atomic E-state index is -4.45. The first kappa shape index (κ1) is 17.7. The van der Waals surface area contributed by atoms with Crippen molar-refractivity contribution in [1.29, 1.82) is 0 Å². The van der Waals surface area contributed by atoms with E-state index in [0.29, 0.717) is 13.0 Å². The molecule has 1 aliphatic carbocycles. The minimum Gasteiger partial charge on any atom is -0.481 e. The third kappa shape index (κ3) is 3.95. The number of halogens is 3. The molecule has 1 amide bonds. The molecule has 0 aromatic heterocycles. The van der Waals surface area contributed by atoms with Crippen molar-refractivity contribution in [2.75, 3.05) is 19.7 Å². The molecule has 1 N–H and O–H groups in total. The van der Waals surface area contributed by atoms with Gasteiger partial charge in [-0.15, -0.1) is 0 Å². The van der Waals surface area contributed by atoms with Gasteiger partial charge in [0.15, 0.2) is 0 Å². The van der Waals surface area contributed by atoms with Crippen molar-refractivity contribution in [2.24, 2.45) is 5.92 Å². The summed E-state index contributed by atoms with van der Waals surface area (Å²) in [4.78, 5) is 24.9. The number of carbonyl (C=O) groups excluding carboxylic acids is 1. The highest BCUT2D eigenvalue weighted by molar-refractivity contribution is 5.83. The molecule has 3 rings (SSSR count). The first-order valence-electron chi connectivity index (χ1n) is 8.05. The maximum atomic E-state index is 13.1. The van der Waals surface area contributed by atoms with Crippen molar-refractivity contribution in [1.82, 2.24) is 4.90 Å². The largest absolute Gasteiger partial charge is 0.481 e. The monoisotopic (exact) mass is 357 g/mol.